The van der Waals surface area contributed by atoms with Crippen molar-refractivity contribution in [1.82, 2.24) is 10.1 Å². The number of ether oxygens (including phenoxy) is 2. The van der Waals surface area contributed by atoms with Gasteiger partial charge in [0.2, 0.25) is 0 Å². The lowest BCUT2D eigenvalue weighted by atomic mass is 10.2. The average molecular weight is 425 g/mol. The molecule has 0 radical (unpaired) electrons. The first-order valence-corrected chi connectivity index (χ1v) is 9.35. The van der Waals surface area contributed by atoms with Crippen LogP contribution in [0.15, 0.2) is 39.3 Å². The van der Waals surface area contributed by atoms with E-state index in [1.54, 1.807) is 11.0 Å². The fourth-order valence-corrected chi connectivity index (χ4v) is 2.40. The van der Waals surface area contributed by atoms with E-state index in [2.05, 4.69) is 21.1 Å². The van der Waals surface area contributed by atoms with Gasteiger partial charge in [-0.3, -0.25) is 4.79 Å². The molecule has 26 heavy (non-hydrogen) atoms. The number of hydrogen-bond acceptors (Lipinski definition) is 5. The van der Waals surface area contributed by atoms with Gasteiger partial charge in [-0.15, -0.1) is 0 Å². The van der Waals surface area contributed by atoms with Crippen LogP contribution in [0.5, 0.6) is 5.75 Å². The Kier molecular flexibility index (Phi) is 7.23. The molecule has 7 heteroatoms. The molecule has 1 amide bonds. The van der Waals surface area contributed by atoms with E-state index >= 15 is 0 Å². The molecule has 6 nitrogen and oxygen atoms in total. The van der Waals surface area contributed by atoms with Gasteiger partial charge in [-0.1, -0.05) is 21.1 Å². The number of rotatable bonds is 8. The van der Waals surface area contributed by atoms with Gasteiger partial charge in [0, 0.05) is 17.1 Å². The second-order valence-electron chi connectivity index (χ2n) is 6.77. The number of hydrogen-bond donors (Lipinski definition) is 0. The zero-order chi connectivity index (χ0) is 19.2. The molecule has 0 atom stereocenters. The minimum Gasteiger partial charge on any atom is -0.492 e. The van der Waals surface area contributed by atoms with Crippen LogP contribution in [0.25, 0.3) is 0 Å². The van der Waals surface area contributed by atoms with Crippen molar-refractivity contribution in [2.45, 2.75) is 39.9 Å². The fourth-order valence-electron chi connectivity index (χ4n) is 2.14. The summed E-state index contributed by atoms with van der Waals surface area (Å²) >= 11 is 3.38. The number of carbonyl (C=O) groups is 1. The van der Waals surface area contributed by atoms with Crippen LogP contribution in [-0.2, 0) is 11.3 Å². The third-order valence-corrected chi connectivity index (χ3v) is 4.07. The number of aromatic nitrogens is 1. The van der Waals surface area contributed by atoms with Crippen LogP contribution < -0.4 is 4.74 Å². The first kappa shape index (κ1) is 20.5. The summed E-state index contributed by atoms with van der Waals surface area (Å²) < 4.78 is 17.5. The van der Waals surface area contributed by atoms with Crippen LogP contribution >= 0.6 is 15.9 Å². The van der Waals surface area contributed by atoms with E-state index in [1.165, 1.54) is 0 Å². The lowest BCUT2D eigenvalue weighted by Crippen LogP contribution is -2.34. The monoisotopic (exact) mass is 424 g/mol. The van der Waals surface area contributed by atoms with Gasteiger partial charge in [0.15, 0.2) is 11.5 Å². The van der Waals surface area contributed by atoms with Gasteiger partial charge in [0.25, 0.3) is 5.91 Å². The molecule has 0 aliphatic carbocycles. The highest BCUT2D eigenvalue weighted by atomic mass is 79.9. The maximum atomic E-state index is 12.6. The highest BCUT2D eigenvalue weighted by Crippen LogP contribution is 2.16. The molecule has 0 fully saturated rings. The normalized spacial score (nSPS) is 11.4. The van der Waals surface area contributed by atoms with Crippen molar-refractivity contribution in [1.29, 1.82) is 0 Å². The quantitative estimate of drug-likeness (QED) is 0.631. The molecule has 0 aliphatic rings. The molecule has 1 aromatic heterocycles. The summed E-state index contributed by atoms with van der Waals surface area (Å²) in [5.74, 6) is 1.11. The minimum absolute atomic E-state index is 0.183. The Labute approximate surface area is 162 Å². The summed E-state index contributed by atoms with van der Waals surface area (Å²) in [6.07, 6.45) is 0. The molecule has 0 bridgehead atoms. The summed E-state index contributed by atoms with van der Waals surface area (Å²) in [6.45, 7) is 9.50. The summed E-state index contributed by atoms with van der Waals surface area (Å²) in [6, 6.07) is 9.21. The molecule has 1 heterocycles. The van der Waals surface area contributed by atoms with Crippen LogP contribution in [0.3, 0.4) is 0 Å². The van der Waals surface area contributed by atoms with Gasteiger partial charge in [-0.25, -0.2) is 0 Å². The Morgan fingerprint density at radius 2 is 1.96 bits per heavy atom. The summed E-state index contributed by atoms with van der Waals surface area (Å²) in [7, 11) is 0. The van der Waals surface area contributed by atoms with E-state index in [0.717, 1.165) is 10.2 Å². The lowest BCUT2D eigenvalue weighted by molar-refractivity contribution is -0.0241. The predicted molar refractivity (Wildman–Crippen MR) is 102 cm³/mol. The second-order valence-corrected chi connectivity index (χ2v) is 7.68. The predicted octanol–water partition coefficient (Wildman–Crippen LogP) is 4.29. The number of benzene rings is 1. The summed E-state index contributed by atoms with van der Waals surface area (Å²) in [4.78, 5) is 14.3. The molecule has 0 saturated heterocycles. The number of amides is 1. The van der Waals surface area contributed by atoms with Crippen molar-refractivity contribution in [3.05, 3.63) is 46.3 Å². The molecule has 2 rings (SSSR count). The second kappa shape index (κ2) is 9.19. The molecule has 0 spiro atoms. The van der Waals surface area contributed by atoms with Crippen LogP contribution in [0.2, 0.25) is 0 Å². The Morgan fingerprint density at radius 3 is 2.58 bits per heavy atom. The van der Waals surface area contributed by atoms with Crippen molar-refractivity contribution >= 4 is 21.8 Å². The summed E-state index contributed by atoms with van der Waals surface area (Å²) in [5, 5.41) is 3.87. The highest BCUT2D eigenvalue weighted by Gasteiger charge is 2.20. The van der Waals surface area contributed by atoms with Gasteiger partial charge in [0.1, 0.15) is 19.0 Å². The fraction of sp³-hybridized carbons (Fsp3) is 0.474. The van der Waals surface area contributed by atoms with Gasteiger partial charge in [0.05, 0.1) is 12.1 Å². The van der Waals surface area contributed by atoms with Crippen molar-refractivity contribution in [3.63, 3.8) is 0 Å². The van der Waals surface area contributed by atoms with E-state index < -0.39 is 0 Å². The molecule has 0 saturated carbocycles. The largest absolute Gasteiger partial charge is 0.492 e. The minimum atomic E-state index is -0.281. The Balaban J connectivity index is 1.87. The van der Waals surface area contributed by atoms with Gasteiger partial charge >= 0.3 is 0 Å². The van der Waals surface area contributed by atoms with Gasteiger partial charge < -0.3 is 18.9 Å². The van der Waals surface area contributed by atoms with E-state index in [-0.39, 0.29) is 23.8 Å². The third-order valence-electron chi connectivity index (χ3n) is 3.54. The third kappa shape index (κ3) is 6.46. The number of halogens is 1. The Bertz CT molecular complexity index is 707. The zero-order valence-electron chi connectivity index (χ0n) is 15.6. The van der Waals surface area contributed by atoms with Crippen LogP contribution in [0, 0.1) is 0 Å². The average Bonchev–Trinajstić information content (AvgIpc) is 3.06. The van der Waals surface area contributed by atoms with Gasteiger partial charge in [-0.2, -0.15) is 0 Å². The zero-order valence-corrected chi connectivity index (χ0v) is 17.2. The maximum Gasteiger partial charge on any atom is 0.276 e. The van der Waals surface area contributed by atoms with Crippen LogP contribution in [-0.4, -0.2) is 41.3 Å². The first-order valence-electron chi connectivity index (χ1n) is 8.55. The Morgan fingerprint density at radius 1 is 1.27 bits per heavy atom. The standard InChI is InChI=1S/C19H25BrN2O4/c1-5-22(10-11-24-15-8-6-14(20)7-9-15)18(23)17-12-16(26-21-17)13-25-19(2,3)4/h6-9,12H,5,10-11,13H2,1-4H3. The van der Waals surface area contributed by atoms with Crippen molar-refractivity contribution in [2.24, 2.45) is 0 Å². The van der Waals surface area contributed by atoms with E-state index in [9.17, 15) is 4.79 Å². The lowest BCUT2D eigenvalue weighted by Gasteiger charge is -2.19. The van der Waals surface area contributed by atoms with E-state index in [1.807, 2.05) is 52.0 Å². The molecule has 142 valence electrons. The van der Waals surface area contributed by atoms with E-state index in [4.69, 9.17) is 14.0 Å². The smallest absolute Gasteiger partial charge is 0.276 e. The van der Waals surface area contributed by atoms with Crippen LogP contribution in [0.4, 0.5) is 0 Å². The van der Waals surface area contributed by atoms with Gasteiger partial charge in [-0.05, 0) is 52.0 Å². The molecule has 0 aliphatic heterocycles. The molecule has 0 N–H and O–H groups in total. The van der Waals surface area contributed by atoms with Crippen molar-refractivity contribution in [3.8, 4) is 5.75 Å². The highest BCUT2D eigenvalue weighted by molar-refractivity contribution is 9.10. The molecule has 2 aromatic rings. The van der Waals surface area contributed by atoms with E-state index in [0.29, 0.717) is 25.5 Å². The molecule has 0 unspecified atom stereocenters. The molecular weight excluding hydrogens is 400 g/mol. The number of carbonyl (C=O) groups excluding carboxylic acids is 1. The molecule has 1 aromatic carbocycles. The number of likely N-dealkylation sites (N-methyl/N-ethyl adjacent to an activating group) is 1. The number of nitrogens with zero attached hydrogens (tertiary/aromatic N) is 2. The van der Waals surface area contributed by atoms with Crippen molar-refractivity contribution < 1.29 is 18.8 Å². The van der Waals surface area contributed by atoms with Crippen LogP contribution in [0.1, 0.15) is 43.9 Å². The Hall–Kier alpha value is -1.86. The maximum absolute atomic E-state index is 12.6. The van der Waals surface area contributed by atoms with Crippen molar-refractivity contribution in [2.75, 3.05) is 19.7 Å². The SMILES string of the molecule is CCN(CCOc1ccc(Br)cc1)C(=O)c1cc(COC(C)(C)C)on1. The molecular formula is C19H25BrN2O4. The summed E-state index contributed by atoms with van der Waals surface area (Å²) in [5.41, 5.74) is -0.000416. The first-order chi connectivity index (χ1) is 12.3. The topological polar surface area (TPSA) is 64.8 Å².